The van der Waals surface area contributed by atoms with Gasteiger partial charge in [-0.3, -0.25) is 19.3 Å². The Balaban J connectivity index is 2.07. The van der Waals surface area contributed by atoms with Gasteiger partial charge in [-0.05, 0) is 19.8 Å². The van der Waals surface area contributed by atoms with Crippen LogP contribution in [-0.4, -0.2) is 43.1 Å². The first-order valence-electron chi connectivity index (χ1n) is 6.87. The minimum atomic E-state index is -0.237. The molecule has 0 aromatic carbocycles. The molecule has 0 bridgehead atoms. The zero-order valence-electron chi connectivity index (χ0n) is 11.6. The second-order valence-corrected chi connectivity index (χ2v) is 4.85. The van der Waals surface area contributed by atoms with E-state index in [2.05, 4.69) is 5.32 Å². The maximum absolute atomic E-state index is 11.5. The van der Waals surface area contributed by atoms with Crippen molar-refractivity contribution < 1.29 is 14.4 Å². The molecule has 1 atom stereocenters. The summed E-state index contributed by atoms with van der Waals surface area (Å²) in [5.74, 6) is -0.400. The lowest BCUT2D eigenvalue weighted by Gasteiger charge is -2.13. The Labute approximate surface area is 114 Å². The lowest BCUT2D eigenvalue weighted by Crippen LogP contribution is -2.32. The van der Waals surface area contributed by atoms with E-state index < -0.39 is 0 Å². The van der Waals surface area contributed by atoms with Gasteiger partial charge >= 0.3 is 0 Å². The minimum absolute atomic E-state index is 0.0735. The van der Waals surface area contributed by atoms with Crippen LogP contribution in [0.2, 0.25) is 6.32 Å². The fraction of sp³-hybridized carbons (Fsp3) is 0.615. The van der Waals surface area contributed by atoms with Crippen LogP contribution in [-0.2, 0) is 14.4 Å². The Morgan fingerprint density at radius 1 is 1.26 bits per heavy atom. The van der Waals surface area contributed by atoms with Gasteiger partial charge in [0.1, 0.15) is 7.85 Å². The van der Waals surface area contributed by atoms with Crippen LogP contribution in [0.15, 0.2) is 12.2 Å². The van der Waals surface area contributed by atoms with E-state index in [1.165, 1.54) is 17.1 Å². The molecule has 0 aromatic heterocycles. The number of rotatable bonds is 8. The van der Waals surface area contributed by atoms with Crippen LogP contribution in [0, 0.1) is 0 Å². The number of unbranched alkanes of at least 4 members (excludes halogenated alkanes) is 2. The van der Waals surface area contributed by atoms with Crippen LogP contribution in [0.4, 0.5) is 0 Å². The van der Waals surface area contributed by atoms with E-state index in [0.717, 1.165) is 25.6 Å². The third-order valence-electron chi connectivity index (χ3n) is 3.21. The van der Waals surface area contributed by atoms with Crippen molar-refractivity contribution in [1.82, 2.24) is 10.2 Å². The van der Waals surface area contributed by atoms with Crippen LogP contribution in [0.1, 0.15) is 32.6 Å². The number of carbonyl (C=O) groups is 3. The SMILES string of the molecule is BC[C@@H](C)NC(=O)CCCCCN1C(=O)C=CC1=O. The van der Waals surface area contributed by atoms with Gasteiger partial charge in [0.2, 0.25) is 5.91 Å². The van der Waals surface area contributed by atoms with Crippen LogP contribution in [0.3, 0.4) is 0 Å². The molecule has 0 aliphatic carbocycles. The van der Waals surface area contributed by atoms with Crippen molar-refractivity contribution in [2.75, 3.05) is 6.54 Å². The van der Waals surface area contributed by atoms with Crippen LogP contribution < -0.4 is 5.32 Å². The van der Waals surface area contributed by atoms with E-state index in [0.29, 0.717) is 13.0 Å². The normalized spacial score (nSPS) is 15.9. The lowest BCUT2D eigenvalue weighted by atomic mass is 9.98. The largest absolute Gasteiger partial charge is 0.354 e. The molecule has 1 aliphatic rings. The highest BCUT2D eigenvalue weighted by molar-refractivity contribution is 6.12. The summed E-state index contributed by atoms with van der Waals surface area (Å²) in [4.78, 5) is 35.3. The topological polar surface area (TPSA) is 66.5 Å². The van der Waals surface area contributed by atoms with Gasteiger partial charge < -0.3 is 5.32 Å². The number of imide groups is 1. The van der Waals surface area contributed by atoms with Gasteiger partial charge in [0.25, 0.3) is 11.8 Å². The van der Waals surface area contributed by atoms with E-state index in [-0.39, 0.29) is 23.8 Å². The Morgan fingerprint density at radius 2 is 1.89 bits per heavy atom. The Kier molecular flexibility index (Phi) is 6.32. The molecule has 5 nitrogen and oxygen atoms in total. The molecule has 104 valence electrons. The number of amides is 3. The summed E-state index contributed by atoms with van der Waals surface area (Å²) < 4.78 is 0. The summed E-state index contributed by atoms with van der Waals surface area (Å²) >= 11 is 0. The van der Waals surface area contributed by atoms with E-state index >= 15 is 0 Å². The van der Waals surface area contributed by atoms with Crippen molar-refractivity contribution in [1.29, 1.82) is 0 Å². The third-order valence-corrected chi connectivity index (χ3v) is 3.21. The highest BCUT2D eigenvalue weighted by Crippen LogP contribution is 2.07. The van der Waals surface area contributed by atoms with Gasteiger partial charge in [0.15, 0.2) is 0 Å². The predicted octanol–water partition coefficient (Wildman–Crippen LogP) is 0.0279. The van der Waals surface area contributed by atoms with Crippen molar-refractivity contribution in [2.24, 2.45) is 0 Å². The molecule has 1 heterocycles. The molecule has 0 fully saturated rings. The molecule has 6 heteroatoms. The summed E-state index contributed by atoms with van der Waals surface area (Å²) in [6.45, 7) is 2.42. The molecular weight excluding hydrogens is 243 g/mol. The first-order chi connectivity index (χ1) is 9.04. The maximum Gasteiger partial charge on any atom is 0.253 e. The lowest BCUT2D eigenvalue weighted by molar-refractivity contribution is -0.137. The molecule has 19 heavy (non-hydrogen) atoms. The maximum atomic E-state index is 11.5. The molecule has 0 aromatic rings. The molecule has 0 saturated heterocycles. The van der Waals surface area contributed by atoms with E-state index in [1.54, 1.807) is 0 Å². The minimum Gasteiger partial charge on any atom is -0.354 e. The molecule has 0 unspecified atom stereocenters. The highest BCUT2D eigenvalue weighted by atomic mass is 16.2. The number of nitrogens with one attached hydrogen (secondary N) is 1. The van der Waals surface area contributed by atoms with Gasteiger partial charge in [-0.15, -0.1) is 0 Å². The number of carbonyl (C=O) groups excluding carboxylic acids is 3. The van der Waals surface area contributed by atoms with E-state index in [9.17, 15) is 14.4 Å². The third kappa shape index (κ3) is 5.28. The average molecular weight is 264 g/mol. The Bertz CT molecular complexity index is 364. The predicted molar refractivity (Wildman–Crippen MR) is 75.3 cm³/mol. The first-order valence-corrected chi connectivity index (χ1v) is 6.87. The molecule has 3 amide bonds. The van der Waals surface area contributed by atoms with E-state index in [1.807, 2.05) is 14.8 Å². The highest BCUT2D eigenvalue weighted by Gasteiger charge is 2.22. The van der Waals surface area contributed by atoms with Crippen LogP contribution in [0.25, 0.3) is 0 Å². The van der Waals surface area contributed by atoms with Gasteiger partial charge in [-0.25, -0.2) is 0 Å². The second kappa shape index (κ2) is 7.76. The number of hydrogen-bond donors (Lipinski definition) is 1. The summed E-state index contributed by atoms with van der Waals surface area (Å²) in [5.41, 5.74) is 0. The fourth-order valence-electron chi connectivity index (χ4n) is 1.83. The summed E-state index contributed by atoms with van der Waals surface area (Å²) in [5, 5.41) is 2.91. The molecule has 1 rings (SSSR count). The van der Waals surface area contributed by atoms with Gasteiger partial charge in [0.05, 0.1) is 0 Å². The van der Waals surface area contributed by atoms with Crippen molar-refractivity contribution in [2.45, 2.75) is 45.0 Å². The van der Waals surface area contributed by atoms with Gasteiger partial charge in [0, 0.05) is 31.2 Å². The average Bonchev–Trinajstić information content (AvgIpc) is 2.69. The fourth-order valence-corrected chi connectivity index (χ4v) is 1.83. The summed E-state index contributed by atoms with van der Waals surface area (Å²) in [7, 11) is 2.03. The quantitative estimate of drug-likeness (QED) is 0.382. The zero-order chi connectivity index (χ0) is 14.3. The van der Waals surface area contributed by atoms with Crippen LogP contribution in [0.5, 0.6) is 0 Å². The summed E-state index contributed by atoms with van der Waals surface area (Å²) in [6.07, 6.45) is 6.39. The molecule has 0 spiro atoms. The smallest absolute Gasteiger partial charge is 0.253 e. The molecule has 1 aliphatic heterocycles. The standard InChI is InChI=1S/C13H21BN2O3/c1-10(9-14)15-11(17)5-3-2-4-8-16-12(18)6-7-13(16)19/h6-7,10H,2-5,8-9,14H2,1H3,(H,15,17)/t10-/m1/s1. The summed E-state index contributed by atoms with van der Waals surface area (Å²) in [6, 6.07) is 0.221. The van der Waals surface area contributed by atoms with Gasteiger partial charge in [-0.2, -0.15) is 0 Å². The van der Waals surface area contributed by atoms with Crippen LogP contribution >= 0.6 is 0 Å². The zero-order valence-corrected chi connectivity index (χ0v) is 11.6. The molecule has 0 saturated carbocycles. The molecule has 1 N–H and O–H groups in total. The van der Waals surface area contributed by atoms with Crippen molar-refractivity contribution in [3.63, 3.8) is 0 Å². The van der Waals surface area contributed by atoms with Gasteiger partial charge in [-0.1, -0.05) is 12.7 Å². The number of nitrogens with zero attached hydrogens (tertiary/aromatic N) is 1. The second-order valence-electron chi connectivity index (χ2n) is 4.85. The first kappa shape index (κ1) is 15.5. The number of hydrogen-bond acceptors (Lipinski definition) is 3. The van der Waals surface area contributed by atoms with Crippen molar-refractivity contribution >= 4 is 25.6 Å². The monoisotopic (exact) mass is 264 g/mol. The molecule has 0 radical (unpaired) electrons. The Hall–Kier alpha value is -1.59. The Morgan fingerprint density at radius 3 is 2.47 bits per heavy atom. The molecular formula is C13H21BN2O3. The van der Waals surface area contributed by atoms with E-state index in [4.69, 9.17) is 0 Å². The van der Waals surface area contributed by atoms with Crippen molar-refractivity contribution in [3.05, 3.63) is 12.2 Å². The van der Waals surface area contributed by atoms with Crippen molar-refractivity contribution in [3.8, 4) is 0 Å².